The van der Waals surface area contributed by atoms with Crippen LogP contribution in [0.2, 0.25) is 0 Å². The Balaban J connectivity index is 1.97. The number of methoxy groups -OCH3 is 1. The summed E-state index contributed by atoms with van der Waals surface area (Å²) in [5, 5.41) is 10.5. The van der Waals surface area contributed by atoms with Crippen molar-refractivity contribution in [1.82, 2.24) is 4.98 Å². The van der Waals surface area contributed by atoms with Crippen LogP contribution in [0.1, 0.15) is 23.5 Å². The van der Waals surface area contributed by atoms with Crippen molar-refractivity contribution in [2.24, 2.45) is 0 Å². The summed E-state index contributed by atoms with van der Waals surface area (Å²) >= 11 is 0. The highest BCUT2D eigenvalue weighted by Gasteiger charge is 2.33. The molecular weight excluding hydrogens is 322 g/mol. The van der Waals surface area contributed by atoms with E-state index in [0.717, 1.165) is 0 Å². The lowest BCUT2D eigenvalue weighted by Gasteiger charge is -2.25. The monoisotopic (exact) mass is 337 g/mol. The van der Waals surface area contributed by atoms with Gasteiger partial charge in [0.1, 0.15) is 5.75 Å². The molecule has 126 valence electrons. The first-order valence-corrected chi connectivity index (χ1v) is 7.81. The first-order valence-electron chi connectivity index (χ1n) is 7.81. The Kier molecular flexibility index (Phi) is 3.46. The second-order valence-corrected chi connectivity index (χ2v) is 5.90. The number of fused-ring (bicyclic) bond motifs is 3. The lowest BCUT2D eigenvalue weighted by atomic mass is 9.86. The molecule has 0 saturated heterocycles. The number of aromatic hydroxyl groups is 1. The van der Waals surface area contributed by atoms with Crippen LogP contribution in [0, 0.1) is 0 Å². The van der Waals surface area contributed by atoms with Gasteiger partial charge in [-0.05, 0) is 29.8 Å². The summed E-state index contributed by atoms with van der Waals surface area (Å²) in [6, 6.07) is 12.0. The molecule has 0 radical (unpaired) electrons. The van der Waals surface area contributed by atoms with Crippen LogP contribution in [0.15, 0.2) is 47.3 Å². The van der Waals surface area contributed by atoms with Crippen LogP contribution in [-0.2, 0) is 4.79 Å². The fraction of sp³-hybridized carbons (Fsp3) is 0.158. The van der Waals surface area contributed by atoms with E-state index in [0.29, 0.717) is 27.8 Å². The van der Waals surface area contributed by atoms with E-state index in [4.69, 9.17) is 9.47 Å². The summed E-state index contributed by atoms with van der Waals surface area (Å²) in [6.07, 6.45) is 0.0440. The summed E-state index contributed by atoms with van der Waals surface area (Å²) in [5.41, 5.74) is 1.43. The second kappa shape index (κ2) is 5.66. The number of carbonyl (C=O) groups excluding carboxylic acids is 1. The van der Waals surface area contributed by atoms with E-state index in [1.165, 1.54) is 13.2 Å². The van der Waals surface area contributed by atoms with Crippen molar-refractivity contribution in [2.45, 2.75) is 12.3 Å². The van der Waals surface area contributed by atoms with Crippen LogP contribution in [-0.4, -0.2) is 23.2 Å². The number of benzene rings is 2. The van der Waals surface area contributed by atoms with Gasteiger partial charge in [0.25, 0.3) is 5.56 Å². The molecule has 1 unspecified atom stereocenters. The van der Waals surface area contributed by atoms with E-state index in [-0.39, 0.29) is 23.5 Å². The summed E-state index contributed by atoms with van der Waals surface area (Å²) in [6.45, 7) is 0. The van der Waals surface area contributed by atoms with Gasteiger partial charge in [-0.2, -0.15) is 0 Å². The summed E-state index contributed by atoms with van der Waals surface area (Å²) in [5.74, 6) is -0.292. The van der Waals surface area contributed by atoms with Crippen molar-refractivity contribution in [1.29, 1.82) is 0 Å². The molecule has 2 N–H and O–H groups in total. The first kappa shape index (κ1) is 15.3. The zero-order chi connectivity index (χ0) is 17.6. The van der Waals surface area contributed by atoms with E-state index >= 15 is 0 Å². The van der Waals surface area contributed by atoms with E-state index in [1.807, 2.05) is 6.07 Å². The van der Waals surface area contributed by atoms with Gasteiger partial charge in [-0.1, -0.05) is 18.2 Å². The maximum absolute atomic E-state index is 12.7. The van der Waals surface area contributed by atoms with Gasteiger partial charge < -0.3 is 19.6 Å². The number of phenols is 1. The number of nitrogens with one attached hydrogen (secondary N) is 1. The molecule has 0 bridgehead atoms. The van der Waals surface area contributed by atoms with Crippen LogP contribution in [0.25, 0.3) is 10.9 Å². The van der Waals surface area contributed by atoms with Crippen molar-refractivity contribution < 1.29 is 19.4 Å². The number of ether oxygens (including phenoxy) is 2. The molecule has 1 atom stereocenters. The number of hydrogen-bond acceptors (Lipinski definition) is 5. The SMILES string of the molecule is COc1cc(C2CC(=O)Oc3c2c(=O)[nH]c2ccccc32)ccc1O. The summed E-state index contributed by atoms with van der Waals surface area (Å²) in [7, 11) is 1.45. The average molecular weight is 337 g/mol. The van der Waals surface area contributed by atoms with E-state index in [2.05, 4.69) is 4.98 Å². The van der Waals surface area contributed by atoms with Crippen LogP contribution in [0.4, 0.5) is 0 Å². The summed E-state index contributed by atoms with van der Waals surface area (Å²) < 4.78 is 10.6. The van der Waals surface area contributed by atoms with Crippen molar-refractivity contribution in [3.05, 3.63) is 63.9 Å². The standard InChI is InChI=1S/C19H15NO5/c1-24-15-8-10(6-7-14(15)21)12-9-16(22)25-18-11-4-2-3-5-13(11)20-19(23)17(12)18/h2-8,12,21H,9H2,1H3,(H,20,23). The molecule has 0 amide bonds. The number of aromatic nitrogens is 1. The van der Waals surface area contributed by atoms with Gasteiger partial charge in [-0.25, -0.2) is 0 Å². The smallest absolute Gasteiger partial charge is 0.312 e. The molecule has 1 aliphatic heterocycles. The van der Waals surface area contributed by atoms with Crippen LogP contribution >= 0.6 is 0 Å². The number of rotatable bonds is 2. The number of hydrogen-bond donors (Lipinski definition) is 2. The van der Waals surface area contributed by atoms with Crippen molar-refractivity contribution in [2.75, 3.05) is 7.11 Å². The molecule has 0 spiro atoms. The van der Waals surface area contributed by atoms with Gasteiger partial charge in [0.15, 0.2) is 11.5 Å². The molecule has 2 heterocycles. The number of pyridine rings is 1. The molecule has 6 nitrogen and oxygen atoms in total. The molecule has 25 heavy (non-hydrogen) atoms. The third-order valence-electron chi connectivity index (χ3n) is 4.45. The minimum atomic E-state index is -0.473. The van der Waals surface area contributed by atoms with E-state index in [1.54, 1.807) is 30.3 Å². The Labute approximate surface area is 142 Å². The highest BCUT2D eigenvalue weighted by atomic mass is 16.5. The molecule has 0 saturated carbocycles. The molecule has 0 aliphatic carbocycles. The minimum absolute atomic E-state index is 0.00252. The second-order valence-electron chi connectivity index (χ2n) is 5.90. The van der Waals surface area contributed by atoms with Crippen molar-refractivity contribution in [3.63, 3.8) is 0 Å². The van der Waals surface area contributed by atoms with Crippen molar-refractivity contribution >= 4 is 16.9 Å². The van der Waals surface area contributed by atoms with E-state index in [9.17, 15) is 14.7 Å². The number of para-hydroxylation sites is 1. The highest BCUT2D eigenvalue weighted by Crippen LogP contribution is 2.41. The molecule has 3 aromatic rings. The summed E-state index contributed by atoms with van der Waals surface area (Å²) in [4.78, 5) is 27.7. The molecule has 4 rings (SSSR count). The van der Waals surface area contributed by atoms with Gasteiger partial charge in [0, 0.05) is 11.3 Å². The third-order valence-corrected chi connectivity index (χ3v) is 4.45. The predicted octanol–water partition coefficient (Wildman–Crippen LogP) is 2.68. The number of H-pyrrole nitrogens is 1. The van der Waals surface area contributed by atoms with Crippen molar-refractivity contribution in [3.8, 4) is 17.2 Å². The number of aromatic amines is 1. The predicted molar refractivity (Wildman–Crippen MR) is 91.3 cm³/mol. The molecule has 1 aliphatic rings. The maximum Gasteiger partial charge on any atom is 0.312 e. The lowest BCUT2D eigenvalue weighted by molar-refractivity contribution is -0.135. The average Bonchev–Trinajstić information content (AvgIpc) is 2.61. The molecule has 2 aromatic carbocycles. The maximum atomic E-state index is 12.7. The molecule has 0 fully saturated rings. The zero-order valence-corrected chi connectivity index (χ0v) is 13.4. The Morgan fingerprint density at radius 3 is 2.80 bits per heavy atom. The fourth-order valence-electron chi connectivity index (χ4n) is 3.27. The Bertz CT molecular complexity index is 1050. The first-order chi connectivity index (χ1) is 12.1. The molecule has 6 heteroatoms. The Morgan fingerprint density at radius 2 is 2.00 bits per heavy atom. The van der Waals surface area contributed by atoms with Gasteiger partial charge in [0.2, 0.25) is 0 Å². The van der Waals surface area contributed by atoms with Crippen LogP contribution in [0.5, 0.6) is 17.2 Å². The normalized spacial score (nSPS) is 16.4. The quantitative estimate of drug-likeness (QED) is 0.702. The van der Waals surface area contributed by atoms with E-state index < -0.39 is 11.9 Å². The van der Waals surface area contributed by atoms with Gasteiger partial charge in [-0.15, -0.1) is 0 Å². The topological polar surface area (TPSA) is 88.6 Å². The highest BCUT2D eigenvalue weighted by molar-refractivity contribution is 5.91. The lowest BCUT2D eigenvalue weighted by Crippen LogP contribution is -2.28. The van der Waals surface area contributed by atoms with Gasteiger partial charge >= 0.3 is 5.97 Å². The number of phenolic OH excluding ortho intramolecular Hbond substituents is 1. The molecular formula is C19H15NO5. The number of esters is 1. The van der Waals surface area contributed by atoms with Crippen LogP contribution in [0.3, 0.4) is 0 Å². The fourth-order valence-corrected chi connectivity index (χ4v) is 3.27. The molecule has 1 aromatic heterocycles. The third kappa shape index (κ3) is 2.42. The van der Waals surface area contributed by atoms with Gasteiger partial charge in [0.05, 0.1) is 24.6 Å². The largest absolute Gasteiger partial charge is 0.504 e. The minimum Gasteiger partial charge on any atom is -0.504 e. The van der Waals surface area contributed by atoms with Crippen LogP contribution < -0.4 is 15.0 Å². The zero-order valence-electron chi connectivity index (χ0n) is 13.4. The number of carbonyl (C=O) groups is 1. The Morgan fingerprint density at radius 1 is 1.20 bits per heavy atom. The van der Waals surface area contributed by atoms with Gasteiger partial charge in [-0.3, -0.25) is 9.59 Å². The Hall–Kier alpha value is -3.28.